The summed E-state index contributed by atoms with van der Waals surface area (Å²) in [5.74, 6) is 0. The van der Waals surface area contributed by atoms with Crippen LogP contribution in [0.3, 0.4) is 0 Å². The predicted octanol–water partition coefficient (Wildman–Crippen LogP) is 0.279. The molecular formula is C7H13NO2. The molecule has 1 atom stereocenters. The van der Waals surface area contributed by atoms with Gasteiger partial charge in [-0.25, -0.2) is 0 Å². The highest BCUT2D eigenvalue weighted by molar-refractivity contribution is 4.86. The summed E-state index contributed by atoms with van der Waals surface area (Å²) in [4.78, 5) is 0. The maximum Gasteiger partial charge on any atom is 0.141 e. The van der Waals surface area contributed by atoms with Crippen molar-refractivity contribution in [3.8, 4) is 6.07 Å². The molecule has 2 N–H and O–H groups in total. The maximum absolute atomic E-state index is 8.85. The van der Waals surface area contributed by atoms with Gasteiger partial charge in [0.25, 0.3) is 0 Å². The first-order valence-corrected chi connectivity index (χ1v) is 3.20. The highest BCUT2D eigenvalue weighted by Crippen LogP contribution is 2.20. The molecule has 0 aliphatic rings. The van der Waals surface area contributed by atoms with Crippen LogP contribution in [0.4, 0.5) is 0 Å². The van der Waals surface area contributed by atoms with Gasteiger partial charge in [0.05, 0.1) is 6.07 Å². The minimum absolute atomic E-state index is 0.00819. The van der Waals surface area contributed by atoms with Crippen molar-refractivity contribution in [3.63, 3.8) is 0 Å². The van der Waals surface area contributed by atoms with Crippen molar-refractivity contribution in [1.29, 1.82) is 5.26 Å². The summed E-state index contributed by atoms with van der Waals surface area (Å²) in [6.45, 7) is 3.59. The van der Waals surface area contributed by atoms with Crippen LogP contribution < -0.4 is 0 Å². The lowest BCUT2D eigenvalue weighted by molar-refractivity contribution is 0.0981. The molecule has 0 aliphatic carbocycles. The highest BCUT2D eigenvalue weighted by atomic mass is 16.3. The fraction of sp³-hybridized carbons (Fsp3) is 0.857. The van der Waals surface area contributed by atoms with Crippen LogP contribution in [0.1, 0.15) is 20.3 Å². The van der Waals surface area contributed by atoms with E-state index < -0.39 is 6.10 Å². The van der Waals surface area contributed by atoms with Crippen LogP contribution in [0.15, 0.2) is 0 Å². The molecule has 3 nitrogen and oxygen atoms in total. The molecule has 0 spiro atoms. The Morgan fingerprint density at radius 3 is 2.40 bits per heavy atom. The summed E-state index contributed by atoms with van der Waals surface area (Å²) in [5.41, 5.74) is -0.352. The van der Waals surface area contributed by atoms with Crippen molar-refractivity contribution in [2.45, 2.75) is 26.4 Å². The molecule has 0 aromatic carbocycles. The Kier molecular flexibility index (Phi) is 3.34. The van der Waals surface area contributed by atoms with Gasteiger partial charge in [0, 0.05) is 6.61 Å². The maximum atomic E-state index is 8.85. The standard InChI is InChI=1S/C7H13NO2/c1-7(2,5-9)3-6(10)4-8/h6,9-10H,3,5H2,1-2H3. The molecule has 0 aromatic rings. The fourth-order valence-corrected chi connectivity index (χ4v) is 0.634. The van der Waals surface area contributed by atoms with Gasteiger partial charge in [0.1, 0.15) is 6.10 Å². The van der Waals surface area contributed by atoms with E-state index in [1.54, 1.807) is 19.9 Å². The monoisotopic (exact) mass is 143 g/mol. The van der Waals surface area contributed by atoms with Crippen molar-refractivity contribution in [2.75, 3.05) is 6.61 Å². The third-order valence-electron chi connectivity index (χ3n) is 1.32. The summed E-state index contributed by atoms with van der Waals surface area (Å²) in [5, 5.41) is 25.8. The third-order valence-corrected chi connectivity index (χ3v) is 1.32. The summed E-state index contributed by atoms with van der Waals surface area (Å²) < 4.78 is 0. The highest BCUT2D eigenvalue weighted by Gasteiger charge is 2.20. The smallest absolute Gasteiger partial charge is 0.141 e. The number of aliphatic hydroxyl groups excluding tert-OH is 2. The lowest BCUT2D eigenvalue weighted by Crippen LogP contribution is -2.22. The second-order valence-corrected chi connectivity index (χ2v) is 3.17. The fourth-order valence-electron chi connectivity index (χ4n) is 0.634. The van der Waals surface area contributed by atoms with Gasteiger partial charge in [-0.2, -0.15) is 5.26 Å². The molecule has 0 fully saturated rings. The summed E-state index contributed by atoms with van der Waals surface area (Å²) >= 11 is 0. The molecule has 0 saturated carbocycles. The van der Waals surface area contributed by atoms with Gasteiger partial charge in [-0.1, -0.05) is 13.8 Å². The minimum Gasteiger partial charge on any atom is -0.396 e. The van der Waals surface area contributed by atoms with Gasteiger partial charge >= 0.3 is 0 Å². The molecule has 0 aromatic heterocycles. The normalized spacial score (nSPS) is 14.3. The Bertz CT molecular complexity index is 137. The van der Waals surface area contributed by atoms with Crippen LogP contribution in [0.2, 0.25) is 0 Å². The molecule has 10 heavy (non-hydrogen) atoms. The van der Waals surface area contributed by atoms with E-state index in [9.17, 15) is 0 Å². The lowest BCUT2D eigenvalue weighted by Gasteiger charge is -2.21. The first-order valence-electron chi connectivity index (χ1n) is 3.20. The quantitative estimate of drug-likeness (QED) is 0.558. The number of hydrogen-bond donors (Lipinski definition) is 2. The number of hydrogen-bond acceptors (Lipinski definition) is 3. The molecule has 3 heteroatoms. The average molecular weight is 143 g/mol. The van der Waals surface area contributed by atoms with Crippen LogP contribution in [0, 0.1) is 16.7 Å². The zero-order valence-electron chi connectivity index (χ0n) is 6.33. The van der Waals surface area contributed by atoms with Crippen molar-refractivity contribution in [3.05, 3.63) is 0 Å². The van der Waals surface area contributed by atoms with Crippen LogP contribution in [-0.4, -0.2) is 22.9 Å². The summed E-state index contributed by atoms with van der Waals surface area (Å²) in [7, 11) is 0. The molecule has 0 bridgehead atoms. The molecular weight excluding hydrogens is 130 g/mol. The number of nitrogens with zero attached hydrogens (tertiary/aromatic N) is 1. The minimum atomic E-state index is -0.956. The average Bonchev–Trinajstić information content (AvgIpc) is 1.87. The Labute approximate surface area is 60.9 Å². The van der Waals surface area contributed by atoms with Gasteiger partial charge in [-0.05, 0) is 11.8 Å². The molecule has 58 valence electrons. The molecule has 0 rings (SSSR count). The van der Waals surface area contributed by atoms with Gasteiger partial charge < -0.3 is 10.2 Å². The Morgan fingerprint density at radius 2 is 2.10 bits per heavy atom. The van der Waals surface area contributed by atoms with Crippen LogP contribution in [-0.2, 0) is 0 Å². The largest absolute Gasteiger partial charge is 0.396 e. The Hall–Kier alpha value is -0.590. The first kappa shape index (κ1) is 9.41. The van der Waals surface area contributed by atoms with Gasteiger partial charge in [0.2, 0.25) is 0 Å². The Morgan fingerprint density at radius 1 is 1.60 bits per heavy atom. The van der Waals surface area contributed by atoms with Crippen LogP contribution in [0.5, 0.6) is 0 Å². The summed E-state index contributed by atoms with van der Waals surface area (Å²) in [6.07, 6.45) is -0.637. The topological polar surface area (TPSA) is 64.2 Å². The number of rotatable bonds is 3. The van der Waals surface area contributed by atoms with Crippen molar-refractivity contribution >= 4 is 0 Å². The SMILES string of the molecule is CC(C)(CO)CC(O)C#N. The second kappa shape index (κ2) is 3.55. The molecule has 0 aliphatic heterocycles. The lowest BCUT2D eigenvalue weighted by atomic mass is 9.88. The van der Waals surface area contributed by atoms with E-state index in [1.165, 1.54) is 0 Å². The molecule has 0 amide bonds. The van der Waals surface area contributed by atoms with Gasteiger partial charge in [-0.15, -0.1) is 0 Å². The third kappa shape index (κ3) is 3.44. The van der Waals surface area contributed by atoms with E-state index in [0.29, 0.717) is 6.42 Å². The predicted molar refractivity (Wildman–Crippen MR) is 37.1 cm³/mol. The van der Waals surface area contributed by atoms with E-state index in [1.807, 2.05) is 0 Å². The van der Waals surface area contributed by atoms with Crippen molar-refractivity contribution in [2.24, 2.45) is 5.41 Å². The van der Waals surface area contributed by atoms with Gasteiger partial charge in [0.15, 0.2) is 0 Å². The molecule has 0 radical (unpaired) electrons. The van der Waals surface area contributed by atoms with Crippen LogP contribution in [0.25, 0.3) is 0 Å². The first-order chi connectivity index (χ1) is 4.52. The van der Waals surface area contributed by atoms with E-state index in [-0.39, 0.29) is 12.0 Å². The van der Waals surface area contributed by atoms with Gasteiger partial charge in [-0.3, -0.25) is 0 Å². The van der Waals surface area contributed by atoms with E-state index in [2.05, 4.69) is 0 Å². The Balaban J connectivity index is 3.79. The second-order valence-electron chi connectivity index (χ2n) is 3.17. The molecule has 1 unspecified atom stereocenters. The zero-order valence-corrected chi connectivity index (χ0v) is 6.33. The number of aliphatic hydroxyl groups is 2. The molecule has 0 heterocycles. The molecule has 0 saturated heterocycles. The summed E-state index contributed by atoms with van der Waals surface area (Å²) in [6, 6.07) is 1.70. The van der Waals surface area contributed by atoms with E-state index in [0.717, 1.165) is 0 Å². The van der Waals surface area contributed by atoms with E-state index >= 15 is 0 Å². The van der Waals surface area contributed by atoms with Crippen molar-refractivity contribution in [1.82, 2.24) is 0 Å². The number of nitriles is 1. The zero-order chi connectivity index (χ0) is 8.20. The van der Waals surface area contributed by atoms with E-state index in [4.69, 9.17) is 15.5 Å². The van der Waals surface area contributed by atoms with Crippen LogP contribution >= 0.6 is 0 Å². The van der Waals surface area contributed by atoms with Crippen molar-refractivity contribution < 1.29 is 10.2 Å².